The van der Waals surface area contributed by atoms with Crippen molar-refractivity contribution in [1.82, 2.24) is 9.55 Å². The number of aromatic nitrogens is 2. The second kappa shape index (κ2) is 4.57. The van der Waals surface area contributed by atoms with Crippen molar-refractivity contribution in [1.29, 1.82) is 5.26 Å². The minimum atomic E-state index is 0.570. The first kappa shape index (κ1) is 12.4. The molecule has 3 aromatic rings. The smallest absolute Gasteiger partial charge is 0.142 e. The van der Waals surface area contributed by atoms with Gasteiger partial charge in [0.15, 0.2) is 0 Å². The number of nitrogens with zero attached hydrogens (tertiary/aromatic N) is 3. The van der Waals surface area contributed by atoms with E-state index in [1.54, 1.807) is 11.3 Å². The van der Waals surface area contributed by atoms with E-state index < -0.39 is 0 Å². The Morgan fingerprint density at radius 3 is 2.85 bits per heavy atom. The molecule has 98 valence electrons. The summed E-state index contributed by atoms with van der Waals surface area (Å²) in [4.78, 5) is 4.78. The minimum Gasteiger partial charge on any atom is -0.321 e. The lowest BCUT2D eigenvalue weighted by atomic mass is 10.2. The van der Waals surface area contributed by atoms with E-state index in [1.807, 2.05) is 18.2 Å². The molecule has 1 fully saturated rings. The van der Waals surface area contributed by atoms with Gasteiger partial charge < -0.3 is 4.57 Å². The van der Waals surface area contributed by atoms with E-state index in [-0.39, 0.29) is 0 Å². The highest BCUT2D eigenvalue weighted by Crippen LogP contribution is 2.42. The van der Waals surface area contributed by atoms with Gasteiger partial charge in [0.25, 0.3) is 0 Å². The Bertz CT molecular complexity index is 852. The van der Waals surface area contributed by atoms with Gasteiger partial charge in [0.2, 0.25) is 0 Å². The van der Waals surface area contributed by atoms with Gasteiger partial charge >= 0.3 is 0 Å². The summed E-state index contributed by atoms with van der Waals surface area (Å²) in [5.74, 6) is 1.04. The average Bonchev–Trinajstić information content (AvgIpc) is 3.09. The number of thiophene rings is 1. The Kier molecular flexibility index (Phi) is 2.82. The Morgan fingerprint density at radius 1 is 1.35 bits per heavy atom. The second-order valence-corrected chi connectivity index (χ2v) is 7.80. The van der Waals surface area contributed by atoms with Crippen molar-refractivity contribution in [3.05, 3.63) is 38.1 Å². The molecule has 2 heterocycles. The Morgan fingerprint density at radius 2 is 2.20 bits per heavy atom. The van der Waals surface area contributed by atoms with Crippen LogP contribution in [0, 0.1) is 14.2 Å². The number of nitriles is 1. The molecule has 0 unspecified atom stereocenters. The third kappa shape index (κ3) is 1.95. The van der Waals surface area contributed by atoms with Crippen molar-refractivity contribution in [2.24, 2.45) is 0 Å². The molecule has 0 N–H and O–H groups in total. The van der Waals surface area contributed by atoms with E-state index in [2.05, 4.69) is 44.7 Å². The molecule has 0 aliphatic heterocycles. The molecule has 20 heavy (non-hydrogen) atoms. The molecule has 2 aromatic heterocycles. The van der Waals surface area contributed by atoms with Gasteiger partial charge in [-0.05, 0) is 59.7 Å². The molecule has 5 heteroatoms. The van der Waals surface area contributed by atoms with Crippen LogP contribution in [0.1, 0.15) is 24.4 Å². The number of fused-ring (bicyclic) bond motifs is 1. The van der Waals surface area contributed by atoms with Crippen LogP contribution in [0.4, 0.5) is 0 Å². The molecule has 0 amide bonds. The van der Waals surface area contributed by atoms with Crippen molar-refractivity contribution in [3.8, 4) is 17.5 Å². The van der Waals surface area contributed by atoms with E-state index in [4.69, 9.17) is 10.2 Å². The number of hydrogen-bond donors (Lipinski definition) is 0. The maximum atomic E-state index is 9.03. The van der Waals surface area contributed by atoms with Crippen molar-refractivity contribution >= 4 is 45.0 Å². The molecule has 1 saturated carbocycles. The third-order valence-corrected chi connectivity index (χ3v) is 5.35. The van der Waals surface area contributed by atoms with Crippen LogP contribution < -0.4 is 0 Å². The summed E-state index contributed by atoms with van der Waals surface area (Å²) in [6, 6.07) is 10.7. The quantitative estimate of drug-likeness (QED) is 0.601. The first-order valence-electron chi connectivity index (χ1n) is 6.43. The third-order valence-electron chi connectivity index (χ3n) is 3.56. The van der Waals surface area contributed by atoms with E-state index in [0.717, 1.165) is 16.9 Å². The van der Waals surface area contributed by atoms with Gasteiger partial charge in [-0.25, -0.2) is 4.98 Å². The lowest BCUT2D eigenvalue weighted by Gasteiger charge is -2.05. The van der Waals surface area contributed by atoms with Crippen LogP contribution in [-0.2, 0) is 0 Å². The second-order valence-electron chi connectivity index (χ2n) is 4.99. The molecule has 1 aliphatic rings. The van der Waals surface area contributed by atoms with Gasteiger partial charge in [-0.2, -0.15) is 5.26 Å². The maximum Gasteiger partial charge on any atom is 0.142 e. The normalized spacial score (nSPS) is 14.6. The van der Waals surface area contributed by atoms with Crippen LogP contribution in [0.5, 0.6) is 0 Å². The van der Waals surface area contributed by atoms with Crippen LogP contribution in [-0.4, -0.2) is 9.55 Å². The SMILES string of the molecule is N#Cc1ccc2c(c1)nc(-c1csc(I)c1)n2C1CC1. The van der Waals surface area contributed by atoms with E-state index >= 15 is 0 Å². The maximum absolute atomic E-state index is 9.03. The number of benzene rings is 1. The van der Waals surface area contributed by atoms with Crippen LogP contribution in [0.15, 0.2) is 29.6 Å². The van der Waals surface area contributed by atoms with Crippen molar-refractivity contribution in [3.63, 3.8) is 0 Å². The van der Waals surface area contributed by atoms with Crippen LogP contribution >= 0.6 is 33.9 Å². The standard InChI is InChI=1S/C15H10IN3S/c16-14-6-10(8-20-14)15-18-12-5-9(7-17)1-4-13(12)19(15)11-2-3-11/h1,4-6,8,11H,2-3H2. The first-order valence-corrected chi connectivity index (χ1v) is 8.38. The molecule has 0 bridgehead atoms. The summed E-state index contributed by atoms with van der Waals surface area (Å²) in [7, 11) is 0. The van der Waals surface area contributed by atoms with Crippen LogP contribution in [0.2, 0.25) is 0 Å². The highest BCUT2D eigenvalue weighted by atomic mass is 127. The zero-order valence-electron chi connectivity index (χ0n) is 10.5. The first-order chi connectivity index (χ1) is 9.76. The minimum absolute atomic E-state index is 0.570. The molecule has 0 spiro atoms. The van der Waals surface area contributed by atoms with Gasteiger partial charge in [-0.15, -0.1) is 11.3 Å². The van der Waals surface area contributed by atoms with Gasteiger partial charge in [-0.3, -0.25) is 0 Å². The zero-order valence-corrected chi connectivity index (χ0v) is 13.5. The lowest BCUT2D eigenvalue weighted by Crippen LogP contribution is -1.96. The molecule has 0 atom stereocenters. The van der Waals surface area contributed by atoms with E-state index in [1.165, 1.54) is 21.3 Å². The molecule has 0 saturated heterocycles. The zero-order chi connectivity index (χ0) is 13.7. The Labute approximate surface area is 134 Å². The van der Waals surface area contributed by atoms with Gasteiger partial charge in [0.05, 0.1) is 25.5 Å². The van der Waals surface area contributed by atoms with Crippen molar-refractivity contribution in [2.75, 3.05) is 0 Å². The molecule has 1 aliphatic carbocycles. The largest absolute Gasteiger partial charge is 0.321 e. The summed E-state index contributed by atoms with van der Waals surface area (Å²) in [6.07, 6.45) is 2.44. The van der Waals surface area contributed by atoms with Gasteiger partial charge in [-0.1, -0.05) is 0 Å². The van der Waals surface area contributed by atoms with Gasteiger partial charge in [0.1, 0.15) is 5.82 Å². The van der Waals surface area contributed by atoms with Crippen molar-refractivity contribution in [2.45, 2.75) is 18.9 Å². The molecule has 3 nitrogen and oxygen atoms in total. The van der Waals surface area contributed by atoms with E-state index in [9.17, 15) is 0 Å². The summed E-state index contributed by atoms with van der Waals surface area (Å²) in [5.41, 5.74) is 3.92. The topological polar surface area (TPSA) is 41.6 Å². The summed E-state index contributed by atoms with van der Waals surface area (Å²) < 4.78 is 3.61. The lowest BCUT2D eigenvalue weighted by molar-refractivity contribution is 0.775. The molecule has 1 aromatic carbocycles. The number of hydrogen-bond acceptors (Lipinski definition) is 3. The Balaban J connectivity index is 1.99. The van der Waals surface area contributed by atoms with Crippen LogP contribution in [0.25, 0.3) is 22.4 Å². The summed E-state index contributed by atoms with van der Waals surface area (Å²) in [6.45, 7) is 0. The fourth-order valence-electron chi connectivity index (χ4n) is 2.50. The predicted octanol–water partition coefficient (Wildman–Crippen LogP) is 4.58. The predicted molar refractivity (Wildman–Crippen MR) is 88.7 cm³/mol. The number of rotatable bonds is 2. The molecule has 0 radical (unpaired) electrons. The highest BCUT2D eigenvalue weighted by Gasteiger charge is 2.29. The summed E-state index contributed by atoms with van der Waals surface area (Å²) in [5, 5.41) is 11.2. The Hall–Kier alpha value is -1.39. The van der Waals surface area contributed by atoms with Crippen molar-refractivity contribution < 1.29 is 0 Å². The summed E-state index contributed by atoms with van der Waals surface area (Å²) >= 11 is 4.08. The fraction of sp³-hybridized carbons (Fsp3) is 0.200. The monoisotopic (exact) mass is 391 g/mol. The highest BCUT2D eigenvalue weighted by molar-refractivity contribution is 14.1. The van der Waals surface area contributed by atoms with Crippen LogP contribution in [0.3, 0.4) is 0 Å². The fourth-order valence-corrected chi connectivity index (χ4v) is 3.83. The molecule has 4 rings (SSSR count). The number of halogens is 1. The van der Waals surface area contributed by atoms with Gasteiger partial charge in [0, 0.05) is 17.0 Å². The van der Waals surface area contributed by atoms with E-state index in [0.29, 0.717) is 11.6 Å². The molecular formula is C15H10IN3S. The number of imidazole rings is 1. The molecular weight excluding hydrogens is 381 g/mol. The average molecular weight is 391 g/mol.